The van der Waals surface area contributed by atoms with Crippen molar-refractivity contribution in [3.05, 3.63) is 0 Å². The molecule has 106 valence electrons. The second-order valence-electron chi connectivity index (χ2n) is 6.28. The van der Waals surface area contributed by atoms with Crippen molar-refractivity contribution in [2.75, 3.05) is 18.8 Å². The molecule has 1 atom stereocenters. The molecule has 1 saturated heterocycles. The van der Waals surface area contributed by atoms with Crippen LogP contribution in [0.3, 0.4) is 0 Å². The van der Waals surface area contributed by atoms with Gasteiger partial charge in [-0.25, -0.2) is 12.7 Å². The van der Waals surface area contributed by atoms with Gasteiger partial charge < -0.3 is 5.11 Å². The molecule has 1 aliphatic heterocycles. The number of carbonyl (C=O) groups is 1. The van der Waals surface area contributed by atoms with Gasteiger partial charge in [0.15, 0.2) is 0 Å². The quantitative estimate of drug-likeness (QED) is 0.846. The Morgan fingerprint density at radius 3 is 2.50 bits per heavy atom. The van der Waals surface area contributed by atoms with Crippen molar-refractivity contribution in [1.82, 2.24) is 4.31 Å². The second kappa shape index (κ2) is 5.57. The highest BCUT2D eigenvalue weighted by molar-refractivity contribution is 7.89. The molecular weight excluding hydrogens is 254 g/mol. The number of rotatable bonds is 4. The smallest absolute Gasteiger partial charge is 0.303 e. The molecule has 0 saturated carbocycles. The van der Waals surface area contributed by atoms with Gasteiger partial charge in [0, 0.05) is 19.5 Å². The number of hydrogen-bond donors (Lipinski definition) is 1. The molecule has 0 aliphatic carbocycles. The number of hydrogen-bond acceptors (Lipinski definition) is 3. The SMILES string of the molecule is CC(C)(C)CS(=O)(=O)N1CCCC(CC(=O)O)C1. The molecule has 1 heterocycles. The molecule has 0 radical (unpaired) electrons. The van der Waals surface area contributed by atoms with Gasteiger partial charge >= 0.3 is 5.97 Å². The summed E-state index contributed by atoms with van der Waals surface area (Å²) in [6.07, 6.45) is 1.61. The van der Waals surface area contributed by atoms with Crippen molar-refractivity contribution in [3.8, 4) is 0 Å². The summed E-state index contributed by atoms with van der Waals surface area (Å²) in [4.78, 5) is 10.7. The van der Waals surface area contributed by atoms with E-state index in [1.54, 1.807) is 0 Å². The van der Waals surface area contributed by atoms with Crippen LogP contribution in [0, 0.1) is 11.3 Å². The molecule has 1 fully saturated rings. The largest absolute Gasteiger partial charge is 0.481 e. The minimum Gasteiger partial charge on any atom is -0.481 e. The first-order chi connectivity index (χ1) is 8.10. The van der Waals surface area contributed by atoms with Gasteiger partial charge in [-0.15, -0.1) is 0 Å². The molecular formula is C12H23NO4S. The van der Waals surface area contributed by atoms with E-state index in [0.29, 0.717) is 13.1 Å². The predicted octanol–water partition coefficient (Wildman–Crippen LogP) is 1.55. The van der Waals surface area contributed by atoms with Gasteiger partial charge in [-0.1, -0.05) is 20.8 Å². The fraction of sp³-hybridized carbons (Fsp3) is 0.917. The zero-order valence-corrected chi connectivity index (χ0v) is 12.2. The van der Waals surface area contributed by atoms with Crippen molar-refractivity contribution in [1.29, 1.82) is 0 Å². The summed E-state index contributed by atoms with van der Waals surface area (Å²) >= 11 is 0. The van der Waals surface area contributed by atoms with Crippen molar-refractivity contribution in [2.45, 2.75) is 40.0 Å². The molecule has 5 nitrogen and oxygen atoms in total. The Labute approximate surface area is 109 Å². The Kier molecular flexibility index (Phi) is 4.78. The van der Waals surface area contributed by atoms with Gasteiger partial charge in [0.25, 0.3) is 0 Å². The molecule has 18 heavy (non-hydrogen) atoms. The first-order valence-corrected chi connectivity index (χ1v) is 7.91. The summed E-state index contributed by atoms with van der Waals surface area (Å²) < 4.78 is 25.9. The third kappa shape index (κ3) is 4.94. The van der Waals surface area contributed by atoms with E-state index in [0.717, 1.165) is 12.8 Å². The second-order valence-corrected chi connectivity index (χ2v) is 8.25. The molecule has 0 aromatic heterocycles. The van der Waals surface area contributed by atoms with Crippen LogP contribution in [0.1, 0.15) is 40.0 Å². The van der Waals surface area contributed by atoms with E-state index in [4.69, 9.17) is 5.11 Å². The predicted molar refractivity (Wildman–Crippen MR) is 69.8 cm³/mol. The first kappa shape index (κ1) is 15.4. The van der Waals surface area contributed by atoms with Crippen LogP contribution in [0.5, 0.6) is 0 Å². The average molecular weight is 277 g/mol. The standard InChI is InChI=1S/C12H23NO4S/c1-12(2,3)9-18(16,17)13-6-4-5-10(8-13)7-11(14)15/h10H,4-9H2,1-3H3,(H,14,15). The van der Waals surface area contributed by atoms with E-state index in [1.807, 2.05) is 20.8 Å². The highest BCUT2D eigenvalue weighted by Crippen LogP contribution is 2.25. The molecule has 1 rings (SSSR count). The van der Waals surface area contributed by atoms with Crippen LogP contribution < -0.4 is 0 Å². The van der Waals surface area contributed by atoms with E-state index in [-0.39, 0.29) is 23.5 Å². The van der Waals surface area contributed by atoms with E-state index in [1.165, 1.54) is 4.31 Å². The summed E-state index contributed by atoms with van der Waals surface area (Å²) in [7, 11) is -3.27. The van der Waals surface area contributed by atoms with Crippen LogP contribution in [-0.2, 0) is 14.8 Å². The zero-order valence-electron chi connectivity index (χ0n) is 11.3. The lowest BCUT2D eigenvalue weighted by atomic mass is 9.96. The number of carboxylic acids is 1. The van der Waals surface area contributed by atoms with Crippen molar-refractivity contribution in [3.63, 3.8) is 0 Å². The monoisotopic (exact) mass is 277 g/mol. The highest BCUT2D eigenvalue weighted by atomic mass is 32.2. The van der Waals surface area contributed by atoms with Crippen molar-refractivity contribution >= 4 is 16.0 Å². The van der Waals surface area contributed by atoms with Crippen LogP contribution >= 0.6 is 0 Å². The Morgan fingerprint density at radius 2 is 2.00 bits per heavy atom. The van der Waals surface area contributed by atoms with E-state index < -0.39 is 16.0 Å². The molecule has 0 aromatic carbocycles. The van der Waals surface area contributed by atoms with Crippen LogP contribution in [0.25, 0.3) is 0 Å². The van der Waals surface area contributed by atoms with Crippen LogP contribution in [0.2, 0.25) is 0 Å². The molecule has 1 unspecified atom stereocenters. The highest BCUT2D eigenvalue weighted by Gasteiger charge is 2.32. The fourth-order valence-corrected chi connectivity index (χ4v) is 4.45. The van der Waals surface area contributed by atoms with Gasteiger partial charge in [-0.05, 0) is 24.2 Å². The van der Waals surface area contributed by atoms with Gasteiger partial charge in [-0.2, -0.15) is 0 Å². The topological polar surface area (TPSA) is 74.7 Å². The van der Waals surface area contributed by atoms with Gasteiger partial charge in [0.05, 0.1) is 5.75 Å². The fourth-order valence-electron chi connectivity index (χ4n) is 2.33. The molecule has 1 aliphatic rings. The first-order valence-electron chi connectivity index (χ1n) is 6.30. The van der Waals surface area contributed by atoms with Gasteiger partial charge in [0.1, 0.15) is 0 Å². The Hall–Kier alpha value is -0.620. The molecule has 0 spiro atoms. The Morgan fingerprint density at radius 1 is 1.39 bits per heavy atom. The number of carboxylic acid groups (broad SMARTS) is 1. The summed E-state index contributed by atoms with van der Waals surface area (Å²) in [5.74, 6) is -0.791. The lowest BCUT2D eigenvalue weighted by Gasteiger charge is -2.33. The lowest BCUT2D eigenvalue weighted by Crippen LogP contribution is -2.43. The van der Waals surface area contributed by atoms with Crippen molar-refractivity contribution < 1.29 is 18.3 Å². The summed E-state index contributed by atoms with van der Waals surface area (Å²) in [5, 5.41) is 8.77. The normalized spacial score (nSPS) is 22.9. The van der Waals surface area contributed by atoms with Gasteiger partial charge in [0.2, 0.25) is 10.0 Å². The zero-order chi connectivity index (χ0) is 14.0. The van der Waals surface area contributed by atoms with Gasteiger partial charge in [-0.3, -0.25) is 4.79 Å². The van der Waals surface area contributed by atoms with E-state index >= 15 is 0 Å². The van der Waals surface area contributed by atoms with Crippen LogP contribution in [-0.4, -0.2) is 42.6 Å². The lowest BCUT2D eigenvalue weighted by molar-refractivity contribution is -0.138. The summed E-state index contributed by atoms with van der Waals surface area (Å²) in [5.41, 5.74) is -0.279. The Bertz CT molecular complexity index is 397. The maximum atomic E-state index is 12.2. The molecule has 0 aromatic rings. The maximum absolute atomic E-state index is 12.2. The van der Waals surface area contributed by atoms with E-state index in [2.05, 4.69) is 0 Å². The number of piperidine rings is 1. The van der Waals surface area contributed by atoms with Crippen molar-refractivity contribution in [2.24, 2.45) is 11.3 Å². The molecule has 0 amide bonds. The van der Waals surface area contributed by atoms with Crippen LogP contribution in [0.4, 0.5) is 0 Å². The molecule has 6 heteroatoms. The molecule has 0 bridgehead atoms. The summed E-state index contributed by atoms with van der Waals surface area (Å²) in [6, 6.07) is 0. The van der Waals surface area contributed by atoms with Crippen LogP contribution in [0.15, 0.2) is 0 Å². The Balaban J connectivity index is 2.68. The molecule has 1 N–H and O–H groups in total. The maximum Gasteiger partial charge on any atom is 0.303 e. The average Bonchev–Trinajstić information content (AvgIpc) is 2.13. The number of sulfonamides is 1. The number of nitrogens with zero attached hydrogens (tertiary/aromatic N) is 1. The third-order valence-corrected chi connectivity index (χ3v) is 5.30. The third-order valence-electron chi connectivity index (χ3n) is 2.95. The number of aliphatic carboxylic acids is 1. The van der Waals surface area contributed by atoms with E-state index in [9.17, 15) is 13.2 Å². The summed E-state index contributed by atoms with van der Waals surface area (Å²) in [6.45, 7) is 6.55. The minimum absolute atomic E-state index is 0.0500. The minimum atomic E-state index is -3.27.